The number of hydrogen-bond acceptors (Lipinski definition) is 3. The van der Waals surface area contributed by atoms with E-state index in [2.05, 4.69) is 10.6 Å². The van der Waals surface area contributed by atoms with Crippen molar-refractivity contribution in [3.63, 3.8) is 0 Å². The molecule has 3 N–H and O–H groups in total. The average molecular weight is 228 g/mol. The molecule has 1 atom stereocenters. The summed E-state index contributed by atoms with van der Waals surface area (Å²) in [4.78, 5) is 22.8. The third-order valence-electron chi connectivity index (χ3n) is 3.36. The fraction of sp³-hybridized carbons (Fsp3) is 0.818. The Morgan fingerprint density at radius 1 is 1.56 bits per heavy atom. The second-order valence-electron chi connectivity index (χ2n) is 4.29. The van der Waals surface area contributed by atoms with Crippen molar-refractivity contribution in [1.82, 2.24) is 10.6 Å². The third kappa shape index (κ3) is 2.72. The quantitative estimate of drug-likeness (QED) is 0.616. The Labute approximate surface area is 95.6 Å². The van der Waals surface area contributed by atoms with E-state index in [-0.39, 0.29) is 18.4 Å². The standard InChI is InChI=1S/C11H20N2O3/c1-3-11(4-2,7-14)13-10(16)8-5-6-9(15)12-8/h8,14H,3-7H2,1-2H3,(H,12,15)(H,13,16)/t8-/m1/s1. The number of carbonyl (C=O) groups excluding carboxylic acids is 2. The molecule has 1 heterocycles. The normalized spacial score (nSPS) is 20.7. The Balaban J connectivity index is 2.58. The second-order valence-corrected chi connectivity index (χ2v) is 4.29. The molecule has 0 aromatic carbocycles. The van der Waals surface area contributed by atoms with Gasteiger partial charge in [0.15, 0.2) is 0 Å². The minimum absolute atomic E-state index is 0.0770. The Hall–Kier alpha value is -1.10. The van der Waals surface area contributed by atoms with E-state index in [4.69, 9.17) is 0 Å². The van der Waals surface area contributed by atoms with Gasteiger partial charge in [-0.1, -0.05) is 13.8 Å². The molecule has 0 aliphatic carbocycles. The van der Waals surface area contributed by atoms with Gasteiger partial charge in [0.05, 0.1) is 12.1 Å². The highest BCUT2D eigenvalue weighted by atomic mass is 16.3. The largest absolute Gasteiger partial charge is 0.394 e. The zero-order valence-corrected chi connectivity index (χ0v) is 9.88. The molecule has 0 saturated carbocycles. The van der Waals surface area contributed by atoms with Crippen molar-refractivity contribution in [1.29, 1.82) is 0 Å². The predicted molar refractivity (Wildman–Crippen MR) is 59.7 cm³/mol. The highest BCUT2D eigenvalue weighted by molar-refractivity contribution is 5.91. The predicted octanol–water partition coefficient (Wildman–Crippen LogP) is -0.0677. The molecule has 5 nitrogen and oxygen atoms in total. The van der Waals surface area contributed by atoms with E-state index in [1.807, 2.05) is 13.8 Å². The molecule has 0 spiro atoms. The molecule has 0 radical (unpaired) electrons. The summed E-state index contributed by atoms with van der Waals surface area (Å²) >= 11 is 0. The molecule has 0 unspecified atom stereocenters. The molecule has 0 bridgehead atoms. The summed E-state index contributed by atoms with van der Waals surface area (Å²) in [6.07, 6.45) is 2.29. The van der Waals surface area contributed by atoms with E-state index < -0.39 is 11.6 Å². The molecule has 1 fully saturated rings. The molecule has 5 heteroatoms. The van der Waals surface area contributed by atoms with E-state index in [0.717, 1.165) is 0 Å². The van der Waals surface area contributed by atoms with Gasteiger partial charge >= 0.3 is 0 Å². The summed E-state index contributed by atoms with van der Waals surface area (Å²) < 4.78 is 0. The zero-order valence-electron chi connectivity index (χ0n) is 9.88. The van der Waals surface area contributed by atoms with Gasteiger partial charge in [0, 0.05) is 6.42 Å². The van der Waals surface area contributed by atoms with Crippen LogP contribution in [-0.2, 0) is 9.59 Å². The molecule has 0 aromatic heterocycles. The maximum absolute atomic E-state index is 11.8. The molecule has 0 aromatic rings. The summed E-state index contributed by atoms with van der Waals surface area (Å²) in [6.45, 7) is 3.77. The fourth-order valence-corrected chi connectivity index (χ4v) is 1.85. The lowest BCUT2D eigenvalue weighted by Gasteiger charge is -2.31. The molecule has 1 saturated heterocycles. The van der Waals surface area contributed by atoms with E-state index in [0.29, 0.717) is 25.7 Å². The number of nitrogens with one attached hydrogen (secondary N) is 2. The molecular formula is C11H20N2O3. The van der Waals surface area contributed by atoms with Crippen LogP contribution in [0.3, 0.4) is 0 Å². The highest BCUT2D eigenvalue weighted by Crippen LogP contribution is 2.16. The third-order valence-corrected chi connectivity index (χ3v) is 3.36. The van der Waals surface area contributed by atoms with Crippen LogP contribution < -0.4 is 10.6 Å². The molecule has 1 aliphatic heterocycles. The lowest BCUT2D eigenvalue weighted by molar-refractivity contribution is -0.127. The van der Waals surface area contributed by atoms with Gasteiger partial charge in [-0.15, -0.1) is 0 Å². The Morgan fingerprint density at radius 2 is 2.19 bits per heavy atom. The highest BCUT2D eigenvalue weighted by Gasteiger charge is 2.33. The molecular weight excluding hydrogens is 208 g/mol. The number of aliphatic hydroxyl groups is 1. The van der Waals surface area contributed by atoms with Gasteiger partial charge in [0.1, 0.15) is 6.04 Å². The van der Waals surface area contributed by atoms with Crippen molar-refractivity contribution in [3.8, 4) is 0 Å². The van der Waals surface area contributed by atoms with Gasteiger partial charge in [-0.3, -0.25) is 9.59 Å². The maximum atomic E-state index is 11.8. The number of carbonyl (C=O) groups is 2. The minimum Gasteiger partial charge on any atom is -0.394 e. The van der Waals surface area contributed by atoms with Crippen LogP contribution in [-0.4, -0.2) is 35.1 Å². The maximum Gasteiger partial charge on any atom is 0.243 e. The minimum atomic E-state index is -0.551. The van der Waals surface area contributed by atoms with E-state index in [1.165, 1.54) is 0 Å². The molecule has 16 heavy (non-hydrogen) atoms. The number of aliphatic hydroxyl groups excluding tert-OH is 1. The van der Waals surface area contributed by atoms with Crippen LogP contribution in [0.25, 0.3) is 0 Å². The first-order valence-electron chi connectivity index (χ1n) is 5.79. The molecule has 1 rings (SSSR count). The van der Waals surface area contributed by atoms with Crippen molar-refractivity contribution in [2.75, 3.05) is 6.61 Å². The summed E-state index contributed by atoms with van der Waals surface area (Å²) in [5.74, 6) is -0.272. The van der Waals surface area contributed by atoms with Gasteiger partial charge < -0.3 is 15.7 Å². The zero-order chi connectivity index (χ0) is 12.2. The van der Waals surface area contributed by atoms with Crippen LogP contribution in [0.1, 0.15) is 39.5 Å². The number of rotatable bonds is 5. The van der Waals surface area contributed by atoms with Crippen molar-refractivity contribution in [2.45, 2.75) is 51.1 Å². The number of hydrogen-bond donors (Lipinski definition) is 3. The van der Waals surface area contributed by atoms with Gasteiger partial charge in [0.2, 0.25) is 11.8 Å². The van der Waals surface area contributed by atoms with Gasteiger partial charge in [-0.2, -0.15) is 0 Å². The molecule has 92 valence electrons. The van der Waals surface area contributed by atoms with Crippen LogP contribution in [0.4, 0.5) is 0 Å². The van der Waals surface area contributed by atoms with E-state index in [1.54, 1.807) is 0 Å². The Bertz CT molecular complexity index is 266. The van der Waals surface area contributed by atoms with Crippen LogP contribution in [0, 0.1) is 0 Å². The first-order chi connectivity index (χ1) is 7.56. The monoisotopic (exact) mass is 228 g/mol. The Kier molecular flexibility index (Phi) is 4.29. The van der Waals surface area contributed by atoms with Crippen molar-refractivity contribution in [3.05, 3.63) is 0 Å². The summed E-state index contributed by atoms with van der Waals surface area (Å²) in [7, 11) is 0. The average Bonchev–Trinajstić information content (AvgIpc) is 2.73. The topological polar surface area (TPSA) is 78.4 Å². The van der Waals surface area contributed by atoms with Crippen molar-refractivity contribution < 1.29 is 14.7 Å². The Morgan fingerprint density at radius 3 is 2.56 bits per heavy atom. The lowest BCUT2D eigenvalue weighted by atomic mass is 9.93. The second kappa shape index (κ2) is 5.30. The first-order valence-corrected chi connectivity index (χ1v) is 5.79. The SMILES string of the molecule is CCC(CC)(CO)NC(=O)[C@H]1CCC(=O)N1. The summed E-state index contributed by atoms with van der Waals surface area (Å²) in [5.41, 5.74) is -0.551. The van der Waals surface area contributed by atoms with Crippen molar-refractivity contribution in [2.24, 2.45) is 0 Å². The fourth-order valence-electron chi connectivity index (χ4n) is 1.85. The number of amides is 2. The van der Waals surface area contributed by atoms with E-state index in [9.17, 15) is 14.7 Å². The van der Waals surface area contributed by atoms with Crippen LogP contribution >= 0.6 is 0 Å². The van der Waals surface area contributed by atoms with Crippen molar-refractivity contribution >= 4 is 11.8 Å². The molecule has 1 aliphatic rings. The van der Waals surface area contributed by atoms with Crippen LogP contribution in [0.5, 0.6) is 0 Å². The van der Waals surface area contributed by atoms with Gasteiger partial charge in [-0.25, -0.2) is 0 Å². The van der Waals surface area contributed by atoms with Crippen LogP contribution in [0.15, 0.2) is 0 Å². The van der Waals surface area contributed by atoms with Gasteiger partial charge in [-0.05, 0) is 19.3 Å². The summed E-state index contributed by atoms with van der Waals surface area (Å²) in [5, 5.41) is 14.8. The first kappa shape index (κ1) is 13.0. The smallest absolute Gasteiger partial charge is 0.243 e. The van der Waals surface area contributed by atoms with E-state index >= 15 is 0 Å². The van der Waals surface area contributed by atoms with Gasteiger partial charge in [0.25, 0.3) is 0 Å². The summed E-state index contributed by atoms with van der Waals surface area (Å²) in [6, 6.07) is -0.434. The molecule has 2 amide bonds. The van der Waals surface area contributed by atoms with Crippen LogP contribution in [0.2, 0.25) is 0 Å². The lowest BCUT2D eigenvalue weighted by Crippen LogP contribution is -2.55.